The third-order valence-electron chi connectivity index (χ3n) is 5.37. The molecule has 9 heteroatoms. The summed E-state index contributed by atoms with van der Waals surface area (Å²) >= 11 is 0. The van der Waals surface area contributed by atoms with Crippen molar-refractivity contribution in [2.75, 3.05) is 0 Å². The third kappa shape index (κ3) is 8.64. The van der Waals surface area contributed by atoms with E-state index in [1.807, 2.05) is 0 Å². The SMILES string of the molecule is Cc1ccc(CC2=N[C@@H](c3ccccc3)[C@@H](c3ccccc3)N2)cc1.O=C(O)C(F)(F)F.c1c[nH]cn1. The number of benzene rings is 3. The molecule has 37 heavy (non-hydrogen) atoms. The van der Waals surface area contributed by atoms with Crippen LogP contribution in [0.25, 0.3) is 0 Å². The number of aliphatic imine (C=N–C) groups is 1. The maximum Gasteiger partial charge on any atom is 0.490 e. The Bertz CT molecular complexity index is 1230. The summed E-state index contributed by atoms with van der Waals surface area (Å²) in [5.41, 5.74) is 5.11. The molecule has 3 aromatic carbocycles. The molecule has 0 saturated carbocycles. The number of alkyl halides is 3. The van der Waals surface area contributed by atoms with E-state index in [0.29, 0.717) is 0 Å². The quantitative estimate of drug-likeness (QED) is 0.312. The monoisotopic (exact) mass is 508 g/mol. The topological polar surface area (TPSA) is 90.4 Å². The van der Waals surface area contributed by atoms with E-state index in [1.165, 1.54) is 22.3 Å². The zero-order valence-corrected chi connectivity index (χ0v) is 20.1. The molecule has 0 bridgehead atoms. The van der Waals surface area contributed by atoms with Gasteiger partial charge in [0.05, 0.1) is 12.4 Å². The van der Waals surface area contributed by atoms with Crippen molar-refractivity contribution in [1.29, 1.82) is 0 Å². The van der Waals surface area contributed by atoms with Gasteiger partial charge in [0.2, 0.25) is 0 Å². The smallest absolute Gasteiger partial charge is 0.475 e. The molecule has 0 radical (unpaired) electrons. The molecule has 2 atom stereocenters. The first-order valence-corrected chi connectivity index (χ1v) is 11.5. The van der Waals surface area contributed by atoms with E-state index in [9.17, 15) is 13.2 Å². The molecule has 0 amide bonds. The van der Waals surface area contributed by atoms with Gasteiger partial charge in [0.15, 0.2) is 0 Å². The van der Waals surface area contributed by atoms with Gasteiger partial charge in [0, 0.05) is 18.8 Å². The van der Waals surface area contributed by atoms with Crippen LogP contribution in [0.3, 0.4) is 0 Å². The Labute approximate surface area is 212 Å². The number of hydrogen-bond donors (Lipinski definition) is 3. The number of hydrogen-bond acceptors (Lipinski definition) is 4. The fourth-order valence-corrected chi connectivity index (χ4v) is 3.59. The summed E-state index contributed by atoms with van der Waals surface area (Å²) in [6.45, 7) is 2.12. The molecule has 0 aliphatic carbocycles. The Morgan fingerprint density at radius 1 is 0.919 bits per heavy atom. The van der Waals surface area contributed by atoms with Crippen molar-refractivity contribution < 1.29 is 23.1 Å². The number of carboxylic acid groups (broad SMARTS) is 1. The van der Waals surface area contributed by atoms with Gasteiger partial charge >= 0.3 is 12.1 Å². The number of rotatable bonds is 4. The lowest BCUT2D eigenvalue weighted by atomic mass is 9.95. The average Bonchev–Trinajstić information content (AvgIpc) is 3.60. The summed E-state index contributed by atoms with van der Waals surface area (Å²) in [5, 5.41) is 10.8. The number of imidazole rings is 1. The van der Waals surface area contributed by atoms with Gasteiger partial charge < -0.3 is 15.4 Å². The number of carboxylic acids is 1. The maximum absolute atomic E-state index is 10.6. The second-order valence-corrected chi connectivity index (χ2v) is 8.19. The minimum absolute atomic E-state index is 0.115. The van der Waals surface area contributed by atoms with Gasteiger partial charge in [-0.1, -0.05) is 90.5 Å². The first-order chi connectivity index (χ1) is 17.7. The van der Waals surface area contributed by atoms with Crippen LogP contribution in [0.5, 0.6) is 0 Å². The van der Waals surface area contributed by atoms with Crippen molar-refractivity contribution in [3.8, 4) is 0 Å². The second-order valence-electron chi connectivity index (χ2n) is 8.19. The highest BCUT2D eigenvalue weighted by Gasteiger charge is 2.38. The van der Waals surface area contributed by atoms with Crippen LogP contribution < -0.4 is 5.32 Å². The van der Waals surface area contributed by atoms with Gasteiger partial charge in [-0.25, -0.2) is 9.78 Å². The molecule has 3 N–H and O–H groups in total. The molecule has 2 heterocycles. The van der Waals surface area contributed by atoms with E-state index >= 15 is 0 Å². The molecule has 0 unspecified atom stereocenters. The highest BCUT2D eigenvalue weighted by molar-refractivity contribution is 5.87. The molecular formula is C28H27F3N4O2. The number of carbonyl (C=O) groups is 1. The Balaban J connectivity index is 0.000000262. The predicted octanol–water partition coefficient (Wildman–Crippen LogP) is 6.06. The van der Waals surface area contributed by atoms with Crippen LogP contribution >= 0.6 is 0 Å². The Hall–Kier alpha value is -4.40. The lowest BCUT2D eigenvalue weighted by molar-refractivity contribution is -0.192. The van der Waals surface area contributed by atoms with Crippen LogP contribution in [-0.4, -0.2) is 33.1 Å². The minimum Gasteiger partial charge on any atom is -0.475 e. The molecule has 1 aliphatic heterocycles. The number of nitrogens with one attached hydrogen (secondary N) is 2. The number of halogens is 3. The molecule has 1 aliphatic rings. The standard InChI is InChI=1S/C23H22N2.C3H4N2.C2HF3O2/c1-17-12-14-18(15-13-17)16-21-24-22(19-8-4-2-5-9-19)23(25-21)20-10-6-3-7-11-20;1-2-5-3-4-1;3-2(4,5)1(6)7/h2-15,22-23H,16H2,1H3,(H,24,25);1-3H,(H,4,5);(H,6,7)/t22-,23+;;. The zero-order chi connectivity index (χ0) is 26.7. The van der Waals surface area contributed by atoms with Crippen molar-refractivity contribution in [3.05, 3.63) is 126 Å². The van der Waals surface area contributed by atoms with Crippen LogP contribution in [0.4, 0.5) is 13.2 Å². The summed E-state index contributed by atoms with van der Waals surface area (Å²) in [6.07, 6.45) is 0.840. The summed E-state index contributed by atoms with van der Waals surface area (Å²) < 4.78 is 31.7. The molecule has 1 aromatic heterocycles. The lowest BCUT2D eigenvalue weighted by Gasteiger charge is -2.19. The van der Waals surface area contributed by atoms with Gasteiger partial charge in [-0.15, -0.1) is 0 Å². The van der Waals surface area contributed by atoms with E-state index in [-0.39, 0.29) is 12.1 Å². The fourth-order valence-electron chi connectivity index (χ4n) is 3.59. The van der Waals surface area contributed by atoms with Gasteiger partial charge in [0.25, 0.3) is 0 Å². The van der Waals surface area contributed by atoms with Crippen LogP contribution in [0.2, 0.25) is 0 Å². The molecule has 6 nitrogen and oxygen atoms in total. The summed E-state index contributed by atoms with van der Waals surface area (Å²) in [7, 11) is 0. The Morgan fingerprint density at radius 3 is 1.95 bits per heavy atom. The zero-order valence-electron chi connectivity index (χ0n) is 20.1. The molecule has 5 rings (SSSR count). The van der Waals surface area contributed by atoms with E-state index in [1.54, 1.807) is 18.7 Å². The summed E-state index contributed by atoms with van der Waals surface area (Å²) in [4.78, 5) is 20.4. The largest absolute Gasteiger partial charge is 0.490 e. The highest BCUT2D eigenvalue weighted by atomic mass is 19.4. The highest BCUT2D eigenvalue weighted by Crippen LogP contribution is 2.36. The minimum atomic E-state index is -5.08. The van der Waals surface area contributed by atoms with Gasteiger partial charge in [0.1, 0.15) is 11.9 Å². The molecule has 192 valence electrons. The van der Waals surface area contributed by atoms with E-state index in [2.05, 4.69) is 107 Å². The molecule has 0 spiro atoms. The number of aromatic amines is 1. The van der Waals surface area contributed by atoms with Gasteiger partial charge in [-0.3, -0.25) is 4.99 Å². The van der Waals surface area contributed by atoms with Crippen molar-refractivity contribution >= 4 is 11.8 Å². The molecule has 0 saturated heterocycles. The Morgan fingerprint density at radius 2 is 1.49 bits per heavy atom. The van der Waals surface area contributed by atoms with Crippen molar-refractivity contribution in [2.24, 2.45) is 4.99 Å². The van der Waals surface area contributed by atoms with Crippen molar-refractivity contribution in [3.63, 3.8) is 0 Å². The fraction of sp³-hybridized carbons (Fsp3) is 0.179. The van der Waals surface area contributed by atoms with Crippen LogP contribution in [0.15, 0.2) is 109 Å². The number of amidine groups is 1. The molecular weight excluding hydrogens is 481 g/mol. The van der Waals surface area contributed by atoms with Crippen LogP contribution in [0, 0.1) is 6.92 Å². The number of nitrogens with zero attached hydrogens (tertiary/aromatic N) is 2. The van der Waals surface area contributed by atoms with E-state index in [0.717, 1.165) is 12.3 Å². The number of aryl methyl sites for hydroxylation is 1. The van der Waals surface area contributed by atoms with Crippen LogP contribution in [0.1, 0.15) is 34.3 Å². The first-order valence-electron chi connectivity index (χ1n) is 11.5. The predicted molar refractivity (Wildman–Crippen MR) is 136 cm³/mol. The molecule has 4 aromatic rings. The summed E-state index contributed by atoms with van der Waals surface area (Å²) in [5.74, 6) is -1.70. The number of H-pyrrole nitrogens is 1. The van der Waals surface area contributed by atoms with Crippen molar-refractivity contribution in [2.45, 2.75) is 31.6 Å². The Kier molecular flexibility index (Phi) is 9.60. The second kappa shape index (κ2) is 13.1. The van der Waals surface area contributed by atoms with Crippen LogP contribution in [-0.2, 0) is 11.2 Å². The molecule has 0 fully saturated rings. The van der Waals surface area contributed by atoms with Gasteiger partial charge in [-0.05, 0) is 23.6 Å². The van der Waals surface area contributed by atoms with Gasteiger partial charge in [-0.2, -0.15) is 13.2 Å². The summed E-state index contributed by atoms with van der Waals surface area (Å²) in [6, 6.07) is 30.2. The first kappa shape index (κ1) is 27.2. The van der Waals surface area contributed by atoms with E-state index < -0.39 is 12.1 Å². The number of aliphatic carboxylic acids is 1. The van der Waals surface area contributed by atoms with E-state index in [4.69, 9.17) is 14.9 Å². The third-order valence-corrected chi connectivity index (χ3v) is 5.37. The normalized spacial score (nSPS) is 16.3. The van der Waals surface area contributed by atoms with Crippen molar-refractivity contribution in [1.82, 2.24) is 15.3 Å². The average molecular weight is 509 g/mol. The lowest BCUT2D eigenvalue weighted by Crippen LogP contribution is -2.25. The maximum atomic E-state index is 10.6. The number of aromatic nitrogens is 2.